The second-order valence-corrected chi connectivity index (χ2v) is 19.2. The molecule has 0 aromatic heterocycles. The molecule has 0 aliphatic carbocycles. The third-order valence-electron chi connectivity index (χ3n) is 11.2. The van der Waals surface area contributed by atoms with Gasteiger partial charge in [-0.1, -0.05) is 233 Å². The van der Waals surface area contributed by atoms with Crippen molar-refractivity contribution in [1.82, 2.24) is 0 Å². The summed E-state index contributed by atoms with van der Waals surface area (Å²) >= 11 is 0. The Morgan fingerprint density at radius 2 is 0.809 bits per heavy atom. The van der Waals surface area contributed by atoms with Gasteiger partial charge in [0.05, 0.1) is 13.2 Å². The van der Waals surface area contributed by atoms with Crippen LogP contribution in [0.4, 0.5) is 0 Å². The Bertz CT molecular complexity index is 1430. The van der Waals surface area contributed by atoms with Gasteiger partial charge >= 0.3 is 19.8 Å². The lowest BCUT2D eigenvalue weighted by Crippen LogP contribution is -2.29. The van der Waals surface area contributed by atoms with E-state index in [1.807, 2.05) is 0 Å². The number of carbonyl (C=O) groups excluding carboxylic acids is 2. The Hall–Kier alpha value is -3.07. The molecule has 10 heteroatoms. The third kappa shape index (κ3) is 52.3. The number of esters is 2. The highest BCUT2D eigenvalue weighted by Gasteiger charge is 2.26. The SMILES string of the molecule is CC/C=C\C/C=C\C/C=C\C/C=C\C/C=C\C/C=C\C/C=C\C/C=C\CCCCCCCCC(=O)OC(COC(=O)CCCCCCCCCCCCCCCCCC)COP(=O)(O)OCCN. The normalized spacial score (nSPS) is 13.9. The fourth-order valence-corrected chi connectivity index (χ4v) is 8.00. The zero-order valence-electron chi connectivity index (χ0n) is 43.3. The highest BCUT2D eigenvalue weighted by atomic mass is 31.2. The summed E-state index contributed by atoms with van der Waals surface area (Å²) in [6.45, 7) is 3.61. The van der Waals surface area contributed by atoms with Crippen LogP contribution in [0.2, 0.25) is 0 Å². The van der Waals surface area contributed by atoms with E-state index >= 15 is 0 Å². The van der Waals surface area contributed by atoms with E-state index in [9.17, 15) is 19.0 Å². The van der Waals surface area contributed by atoms with Gasteiger partial charge in [-0.3, -0.25) is 18.6 Å². The number of phosphoric acid groups is 1. The van der Waals surface area contributed by atoms with Gasteiger partial charge in [0.25, 0.3) is 0 Å². The molecular weight excluding hydrogens is 870 g/mol. The van der Waals surface area contributed by atoms with E-state index in [-0.39, 0.29) is 38.6 Å². The Kier molecular flexibility index (Phi) is 50.9. The molecule has 0 saturated carbocycles. The van der Waals surface area contributed by atoms with E-state index < -0.39 is 26.5 Å². The summed E-state index contributed by atoms with van der Waals surface area (Å²) in [5.74, 6) is -0.845. The quantitative estimate of drug-likeness (QED) is 0.0264. The summed E-state index contributed by atoms with van der Waals surface area (Å²) < 4.78 is 32.9. The van der Waals surface area contributed by atoms with Crippen LogP contribution in [0.15, 0.2) is 97.2 Å². The first-order valence-electron chi connectivity index (χ1n) is 27.2. The Labute approximate surface area is 416 Å². The van der Waals surface area contributed by atoms with Gasteiger partial charge in [-0.15, -0.1) is 0 Å². The lowest BCUT2D eigenvalue weighted by Gasteiger charge is -2.19. The highest BCUT2D eigenvalue weighted by molar-refractivity contribution is 7.47. The number of hydrogen-bond acceptors (Lipinski definition) is 8. The summed E-state index contributed by atoms with van der Waals surface area (Å²) in [7, 11) is -4.39. The molecule has 0 rings (SSSR count). The predicted molar refractivity (Wildman–Crippen MR) is 288 cm³/mol. The summed E-state index contributed by atoms with van der Waals surface area (Å²) in [6, 6.07) is 0. The highest BCUT2D eigenvalue weighted by Crippen LogP contribution is 2.43. The van der Waals surface area contributed by atoms with Crippen molar-refractivity contribution >= 4 is 19.8 Å². The van der Waals surface area contributed by atoms with Gasteiger partial charge in [0, 0.05) is 19.4 Å². The number of allylic oxidation sites excluding steroid dienone is 16. The van der Waals surface area contributed by atoms with Crippen molar-refractivity contribution < 1.29 is 37.6 Å². The average molecular weight is 970 g/mol. The molecule has 0 amide bonds. The first-order valence-corrected chi connectivity index (χ1v) is 28.7. The van der Waals surface area contributed by atoms with Crippen LogP contribution in [0.3, 0.4) is 0 Å². The van der Waals surface area contributed by atoms with Gasteiger partial charge < -0.3 is 20.1 Å². The van der Waals surface area contributed by atoms with Gasteiger partial charge in [-0.2, -0.15) is 0 Å². The standard InChI is InChI=1S/C58H100NO8P/c1-3-5-7-9-11-13-15-17-19-21-22-23-24-25-26-27-28-29-30-31-32-33-34-35-37-39-41-43-45-47-49-51-58(61)67-56(55-66-68(62,63)65-53-52-59)54-64-57(60)50-48-46-44-42-40-38-36-20-18-16-14-12-10-8-6-4-2/h5,7,11,13,17,19,22-23,25-26,28-29,31-32,34-35,56H,3-4,6,8-10,12,14-16,18,20-21,24,27,30,33,36-55,59H2,1-2H3,(H,62,63)/b7-5-,13-11-,19-17-,23-22-,26-25-,29-28-,32-31-,35-34-. The zero-order valence-corrected chi connectivity index (χ0v) is 44.2. The molecule has 0 aliphatic rings. The molecule has 0 bridgehead atoms. The molecule has 9 nitrogen and oxygen atoms in total. The summed E-state index contributed by atoms with van der Waals surface area (Å²) in [6.07, 6.45) is 70.2. The molecule has 390 valence electrons. The maximum absolute atomic E-state index is 12.7. The third-order valence-corrected chi connectivity index (χ3v) is 12.2. The first kappa shape index (κ1) is 64.9. The van der Waals surface area contributed by atoms with Crippen LogP contribution in [-0.4, -0.2) is 49.3 Å². The van der Waals surface area contributed by atoms with E-state index in [1.54, 1.807) is 0 Å². The summed E-state index contributed by atoms with van der Waals surface area (Å²) in [5, 5.41) is 0. The van der Waals surface area contributed by atoms with Crippen molar-refractivity contribution in [3.05, 3.63) is 97.2 Å². The van der Waals surface area contributed by atoms with Crippen molar-refractivity contribution in [3.63, 3.8) is 0 Å². The lowest BCUT2D eigenvalue weighted by atomic mass is 10.0. The van der Waals surface area contributed by atoms with Crippen molar-refractivity contribution in [2.24, 2.45) is 5.73 Å². The van der Waals surface area contributed by atoms with Gasteiger partial charge in [-0.05, 0) is 77.0 Å². The summed E-state index contributed by atoms with van der Waals surface area (Å²) in [5.41, 5.74) is 5.37. The largest absolute Gasteiger partial charge is 0.472 e. The fourth-order valence-electron chi connectivity index (χ4n) is 7.24. The number of carbonyl (C=O) groups is 2. The Balaban J connectivity index is 4.07. The number of hydrogen-bond donors (Lipinski definition) is 2. The molecule has 2 unspecified atom stereocenters. The number of unbranched alkanes of at least 4 members (excludes halogenated alkanes) is 21. The number of rotatable bonds is 50. The average Bonchev–Trinajstić information content (AvgIpc) is 3.33. The van der Waals surface area contributed by atoms with Crippen LogP contribution in [0, 0.1) is 0 Å². The first-order chi connectivity index (χ1) is 33.3. The topological polar surface area (TPSA) is 134 Å². The second kappa shape index (κ2) is 53.3. The van der Waals surface area contributed by atoms with Crippen LogP contribution < -0.4 is 5.73 Å². The van der Waals surface area contributed by atoms with Crippen molar-refractivity contribution in [2.45, 2.75) is 232 Å². The maximum atomic E-state index is 12.7. The Morgan fingerprint density at radius 1 is 0.456 bits per heavy atom. The minimum absolute atomic E-state index is 0.0471. The molecule has 0 saturated heterocycles. The second-order valence-electron chi connectivity index (χ2n) is 17.7. The smallest absolute Gasteiger partial charge is 0.462 e. The van der Waals surface area contributed by atoms with Crippen LogP contribution >= 0.6 is 7.82 Å². The van der Waals surface area contributed by atoms with E-state index in [4.69, 9.17) is 24.3 Å². The van der Waals surface area contributed by atoms with Crippen LogP contribution in [0.1, 0.15) is 226 Å². The minimum atomic E-state index is -4.39. The maximum Gasteiger partial charge on any atom is 0.472 e. The monoisotopic (exact) mass is 970 g/mol. The van der Waals surface area contributed by atoms with Gasteiger partial charge in [0.15, 0.2) is 6.10 Å². The van der Waals surface area contributed by atoms with Crippen molar-refractivity contribution in [3.8, 4) is 0 Å². The lowest BCUT2D eigenvalue weighted by molar-refractivity contribution is -0.161. The predicted octanol–water partition coefficient (Wildman–Crippen LogP) is 16.9. The molecule has 0 radical (unpaired) electrons. The molecule has 0 aliphatic heterocycles. The van der Waals surface area contributed by atoms with Crippen LogP contribution in [0.5, 0.6) is 0 Å². The molecule has 0 fully saturated rings. The van der Waals surface area contributed by atoms with E-state index in [0.29, 0.717) is 6.42 Å². The molecule has 0 spiro atoms. The number of phosphoric ester groups is 1. The number of ether oxygens (including phenoxy) is 2. The molecule has 0 heterocycles. The Morgan fingerprint density at radius 3 is 1.21 bits per heavy atom. The molecule has 0 aromatic rings. The van der Waals surface area contributed by atoms with E-state index in [0.717, 1.165) is 109 Å². The molecule has 0 aromatic carbocycles. The fraction of sp³-hybridized carbons (Fsp3) is 0.690. The van der Waals surface area contributed by atoms with Crippen molar-refractivity contribution in [1.29, 1.82) is 0 Å². The van der Waals surface area contributed by atoms with E-state index in [1.165, 1.54) is 83.5 Å². The minimum Gasteiger partial charge on any atom is -0.462 e. The van der Waals surface area contributed by atoms with Crippen molar-refractivity contribution in [2.75, 3.05) is 26.4 Å². The molecule has 68 heavy (non-hydrogen) atoms. The van der Waals surface area contributed by atoms with Gasteiger partial charge in [0.1, 0.15) is 6.61 Å². The molecular formula is C58H100NO8P. The summed E-state index contributed by atoms with van der Waals surface area (Å²) in [4.78, 5) is 35.1. The van der Waals surface area contributed by atoms with Gasteiger partial charge in [0.2, 0.25) is 0 Å². The van der Waals surface area contributed by atoms with E-state index in [2.05, 4.69) is 111 Å². The molecule has 2 atom stereocenters. The zero-order chi connectivity index (χ0) is 49.5. The number of nitrogens with two attached hydrogens (primary N) is 1. The van der Waals surface area contributed by atoms with Crippen LogP contribution in [0.25, 0.3) is 0 Å². The van der Waals surface area contributed by atoms with Crippen LogP contribution in [-0.2, 0) is 32.7 Å². The molecule has 3 N–H and O–H groups in total. The van der Waals surface area contributed by atoms with Gasteiger partial charge in [-0.25, -0.2) is 4.57 Å².